The van der Waals surface area contributed by atoms with Gasteiger partial charge in [-0.05, 0) is 93.9 Å². The molecule has 0 aromatic heterocycles. The highest BCUT2D eigenvalue weighted by molar-refractivity contribution is 7.99. The Hall–Kier alpha value is -4.79. The minimum Gasteiger partial charge on any atom is -0.308 e. The third-order valence-corrected chi connectivity index (χ3v) is 8.92. The summed E-state index contributed by atoms with van der Waals surface area (Å²) in [7, 11) is 0. The highest BCUT2D eigenvalue weighted by atomic mass is 32.2. The zero-order valence-corrected chi connectivity index (χ0v) is 23.7. The van der Waals surface area contributed by atoms with E-state index >= 15 is 0 Å². The number of hydrogen-bond donors (Lipinski definition) is 0. The van der Waals surface area contributed by atoms with Crippen molar-refractivity contribution in [3.05, 3.63) is 169 Å². The topological polar surface area (TPSA) is 3.24 Å². The minimum absolute atomic E-state index is 1.02. The van der Waals surface area contributed by atoms with Crippen LogP contribution in [0, 0.1) is 6.92 Å². The van der Waals surface area contributed by atoms with Crippen LogP contribution in [0.4, 0.5) is 17.1 Å². The second kappa shape index (κ2) is 10.6. The van der Waals surface area contributed by atoms with Crippen LogP contribution in [-0.2, 0) is 0 Å². The fourth-order valence-electron chi connectivity index (χ4n) is 5.65. The highest BCUT2D eigenvalue weighted by Crippen LogP contribution is 2.51. The van der Waals surface area contributed by atoms with Gasteiger partial charge in [-0.1, -0.05) is 121 Å². The lowest BCUT2D eigenvalue weighted by Crippen LogP contribution is -2.14. The van der Waals surface area contributed by atoms with Crippen LogP contribution in [0.15, 0.2) is 162 Å². The number of nitrogens with zero attached hydrogens (tertiary/aromatic N) is 1. The van der Waals surface area contributed by atoms with E-state index in [2.05, 4.69) is 164 Å². The van der Waals surface area contributed by atoms with Crippen molar-refractivity contribution in [2.24, 2.45) is 0 Å². The SMILES string of the molecule is C=C(c1ccc(N2c3ccccc3Sc3ccccc32)cc1)c1ccccc1-c1cc(-c2ccccc2)ccc1C. The quantitative estimate of drug-likeness (QED) is 0.212. The van der Waals surface area contributed by atoms with Gasteiger partial charge in [0.25, 0.3) is 0 Å². The van der Waals surface area contributed by atoms with Crippen molar-refractivity contribution in [1.82, 2.24) is 0 Å². The smallest absolute Gasteiger partial charge is 0.0601 e. The van der Waals surface area contributed by atoms with Gasteiger partial charge in [-0.3, -0.25) is 0 Å². The number of rotatable bonds is 5. The first-order valence-electron chi connectivity index (χ1n) is 13.9. The fraction of sp³-hybridized carbons (Fsp3) is 0.0256. The molecule has 1 aliphatic heterocycles. The van der Waals surface area contributed by atoms with Crippen molar-refractivity contribution >= 4 is 34.4 Å². The molecule has 0 saturated heterocycles. The molecule has 1 nitrogen and oxygen atoms in total. The average molecular weight is 544 g/mol. The van der Waals surface area contributed by atoms with Gasteiger partial charge in [0.2, 0.25) is 0 Å². The van der Waals surface area contributed by atoms with Crippen LogP contribution in [0.3, 0.4) is 0 Å². The Morgan fingerprint density at radius 1 is 0.561 bits per heavy atom. The van der Waals surface area contributed by atoms with Gasteiger partial charge in [0.1, 0.15) is 0 Å². The molecule has 1 heterocycles. The maximum atomic E-state index is 4.59. The number of hydrogen-bond acceptors (Lipinski definition) is 2. The Morgan fingerprint density at radius 2 is 1.17 bits per heavy atom. The van der Waals surface area contributed by atoms with Crippen LogP contribution in [0.25, 0.3) is 27.8 Å². The molecule has 0 bridgehead atoms. The maximum Gasteiger partial charge on any atom is 0.0601 e. The second-order valence-electron chi connectivity index (χ2n) is 10.3. The van der Waals surface area contributed by atoms with Crippen LogP contribution in [0.1, 0.15) is 16.7 Å². The van der Waals surface area contributed by atoms with E-state index in [-0.39, 0.29) is 0 Å². The first kappa shape index (κ1) is 25.2. The predicted octanol–water partition coefficient (Wildman–Crippen LogP) is 11.3. The normalized spacial score (nSPS) is 12.0. The first-order chi connectivity index (χ1) is 20.2. The third-order valence-electron chi connectivity index (χ3n) is 7.79. The van der Waals surface area contributed by atoms with E-state index in [1.54, 1.807) is 0 Å². The number of para-hydroxylation sites is 2. The molecule has 7 rings (SSSR count). The molecular weight excluding hydrogens is 515 g/mol. The van der Waals surface area contributed by atoms with Crippen LogP contribution in [0.5, 0.6) is 0 Å². The van der Waals surface area contributed by atoms with Crippen molar-refractivity contribution in [2.45, 2.75) is 16.7 Å². The van der Waals surface area contributed by atoms with Gasteiger partial charge in [-0.2, -0.15) is 0 Å². The Kier molecular flexibility index (Phi) is 6.54. The van der Waals surface area contributed by atoms with Crippen molar-refractivity contribution < 1.29 is 0 Å². The molecule has 1 aliphatic rings. The third kappa shape index (κ3) is 4.67. The number of fused-ring (bicyclic) bond motifs is 2. The van der Waals surface area contributed by atoms with E-state index in [0.29, 0.717) is 0 Å². The van der Waals surface area contributed by atoms with E-state index in [4.69, 9.17) is 0 Å². The summed E-state index contributed by atoms with van der Waals surface area (Å²) in [5.41, 5.74) is 13.0. The molecule has 196 valence electrons. The zero-order valence-electron chi connectivity index (χ0n) is 22.9. The van der Waals surface area contributed by atoms with Crippen molar-refractivity contribution in [1.29, 1.82) is 0 Å². The summed E-state index contributed by atoms with van der Waals surface area (Å²) in [5, 5.41) is 0. The molecule has 2 heteroatoms. The van der Waals surface area contributed by atoms with E-state index < -0.39 is 0 Å². The summed E-state index contributed by atoms with van der Waals surface area (Å²) < 4.78 is 0. The van der Waals surface area contributed by atoms with E-state index in [9.17, 15) is 0 Å². The maximum absolute atomic E-state index is 4.59. The first-order valence-corrected chi connectivity index (χ1v) is 14.7. The molecule has 0 aliphatic carbocycles. The van der Waals surface area contributed by atoms with Crippen LogP contribution in [0.2, 0.25) is 0 Å². The van der Waals surface area contributed by atoms with Crippen LogP contribution >= 0.6 is 11.8 Å². The van der Waals surface area contributed by atoms with Crippen molar-refractivity contribution in [3.8, 4) is 22.3 Å². The number of aryl methyl sites for hydroxylation is 1. The van der Waals surface area contributed by atoms with Crippen LogP contribution in [-0.4, -0.2) is 0 Å². The Labute approximate surface area is 246 Å². The molecule has 6 aromatic carbocycles. The van der Waals surface area contributed by atoms with Gasteiger partial charge in [0.15, 0.2) is 0 Å². The summed E-state index contributed by atoms with van der Waals surface area (Å²) in [6.45, 7) is 6.77. The zero-order chi connectivity index (χ0) is 27.8. The highest BCUT2D eigenvalue weighted by Gasteiger charge is 2.24. The largest absolute Gasteiger partial charge is 0.308 e. The molecule has 0 atom stereocenters. The monoisotopic (exact) mass is 543 g/mol. The Bertz CT molecular complexity index is 1840. The molecule has 6 aromatic rings. The molecular formula is C39H29NS. The van der Waals surface area contributed by atoms with Crippen LogP contribution < -0.4 is 4.90 Å². The number of benzene rings is 6. The molecule has 0 N–H and O–H groups in total. The molecule has 0 unspecified atom stereocenters. The van der Waals surface area contributed by atoms with Gasteiger partial charge in [0.05, 0.1) is 11.4 Å². The van der Waals surface area contributed by atoms with Gasteiger partial charge in [0, 0.05) is 15.5 Å². The Morgan fingerprint density at radius 3 is 1.88 bits per heavy atom. The summed E-state index contributed by atoms with van der Waals surface area (Å²) in [4.78, 5) is 4.89. The fourth-order valence-corrected chi connectivity index (χ4v) is 6.71. The second-order valence-corrected chi connectivity index (χ2v) is 11.4. The van der Waals surface area contributed by atoms with Gasteiger partial charge >= 0.3 is 0 Å². The number of anilines is 3. The van der Waals surface area contributed by atoms with E-state index in [1.165, 1.54) is 49.0 Å². The predicted molar refractivity (Wildman–Crippen MR) is 175 cm³/mol. The molecule has 0 fully saturated rings. The van der Waals surface area contributed by atoms with Crippen molar-refractivity contribution in [2.75, 3.05) is 4.90 Å². The summed E-state index contributed by atoms with van der Waals surface area (Å²) in [6, 6.07) is 52.0. The van der Waals surface area contributed by atoms with Gasteiger partial charge in [-0.15, -0.1) is 0 Å². The van der Waals surface area contributed by atoms with E-state index in [0.717, 1.165) is 22.4 Å². The van der Waals surface area contributed by atoms with Gasteiger partial charge < -0.3 is 4.90 Å². The molecule has 0 spiro atoms. The summed E-state index contributed by atoms with van der Waals surface area (Å²) in [6.07, 6.45) is 0. The minimum atomic E-state index is 1.02. The summed E-state index contributed by atoms with van der Waals surface area (Å²) >= 11 is 1.83. The lowest BCUT2D eigenvalue weighted by atomic mass is 9.88. The summed E-state index contributed by atoms with van der Waals surface area (Å²) in [5.74, 6) is 0. The lowest BCUT2D eigenvalue weighted by Gasteiger charge is -2.32. The molecule has 0 amide bonds. The van der Waals surface area contributed by atoms with Crippen molar-refractivity contribution in [3.63, 3.8) is 0 Å². The molecule has 0 saturated carbocycles. The van der Waals surface area contributed by atoms with E-state index in [1.807, 2.05) is 11.8 Å². The molecule has 0 radical (unpaired) electrons. The average Bonchev–Trinajstić information content (AvgIpc) is 3.04. The molecule has 41 heavy (non-hydrogen) atoms. The lowest BCUT2D eigenvalue weighted by molar-refractivity contribution is 1.16. The van der Waals surface area contributed by atoms with Gasteiger partial charge in [-0.25, -0.2) is 0 Å². The Balaban J connectivity index is 1.25. The standard InChI is InChI=1S/C39H29NS/c1-27-20-21-31(30-12-4-3-5-13-30)26-35(27)34-15-7-6-14-33(34)28(2)29-22-24-32(25-23-29)40-36-16-8-10-18-38(36)41-39-19-11-9-17-37(39)40/h3-26H,2H2,1H3.